The predicted octanol–water partition coefficient (Wildman–Crippen LogP) is 2.18. The average molecular weight is 262 g/mol. The molecular formula is C14H18N2O3. The maximum atomic E-state index is 12.5. The van der Waals surface area contributed by atoms with Crippen LogP contribution in [0.3, 0.4) is 0 Å². The van der Waals surface area contributed by atoms with Crippen LogP contribution in [0.4, 0.5) is 10.5 Å². The summed E-state index contributed by atoms with van der Waals surface area (Å²) < 4.78 is 0. The van der Waals surface area contributed by atoms with E-state index in [2.05, 4.69) is 0 Å². The molecule has 102 valence electrons. The fraction of sp³-hybridized carbons (Fsp3) is 0.429. The molecule has 1 aromatic rings. The molecular weight excluding hydrogens is 244 g/mol. The van der Waals surface area contributed by atoms with Crippen LogP contribution in [0.2, 0.25) is 0 Å². The highest BCUT2D eigenvalue weighted by atomic mass is 16.4. The first-order chi connectivity index (χ1) is 9.15. The number of aliphatic carboxylic acids is 1. The minimum absolute atomic E-state index is 0.224. The second-order valence-electron chi connectivity index (χ2n) is 4.55. The number of rotatable bonds is 3. The third-order valence-corrected chi connectivity index (χ3v) is 3.40. The zero-order valence-corrected chi connectivity index (χ0v) is 11.0. The molecule has 5 nitrogen and oxygen atoms in total. The Bertz CT molecular complexity index is 461. The van der Waals surface area contributed by atoms with Crippen LogP contribution in [-0.2, 0) is 4.79 Å². The molecule has 0 spiro atoms. The van der Waals surface area contributed by atoms with Crippen molar-refractivity contribution in [1.82, 2.24) is 4.90 Å². The van der Waals surface area contributed by atoms with Crippen LogP contribution in [-0.4, -0.2) is 41.1 Å². The molecule has 1 aromatic carbocycles. The summed E-state index contributed by atoms with van der Waals surface area (Å²) in [7, 11) is 0. The van der Waals surface area contributed by atoms with Gasteiger partial charge in [0.25, 0.3) is 0 Å². The van der Waals surface area contributed by atoms with Gasteiger partial charge >= 0.3 is 12.0 Å². The molecule has 0 radical (unpaired) electrons. The van der Waals surface area contributed by atoms with Gasteiger partial charge in [0.15, 0.2) is 0 Å². The number of benzene rings is 1. The SMILES string of the molecule is CCN(C(=O)N1CCCC1C(=O)O)c1ccccc1. The summed E-state index contributed by atoms with van der Waals surface area (Å²) in [6.07, 6.45) is 1.28. The van der Waals surface area contributed by atoms with E-state index in [4.69, 9.17) is 5.11 Å². The maximum absolute atomic E-state index is 12.5. The Balaban J connectivity index is 2.19. The van der Waals surface area contributed by atoms with Gasteiger partial charge in [0.05, 0.1) is 0 Å². The van der Waals surface area contributed by atoms with Crippen molar-refractivity contribution < 1.29 is 14.7 Å². The minimum Gasteiger partial charge on any atom is -0.480 e. The molecule has 1 aliphatic rings. The van der Waals surface area contributed by atoms with Crippen LogP contribution in [0.15, 0.2) is 30.3 Å². The van der Waals surface area contributed by atoms with Crippen molar-refractivity contribution in [1.29, 1.82) is 0 Å². The Labute approximate surface area is 112 Å². The molecule has 2 amide bonds. The molecule has 1 fully saturated rings. The van der Waals surface area contributed by atoms with Crippen LogP contribution in [0.1, 0.15) is 19.8 Å². The van der Waals surface area contributed by atoms with E-state index >= 15 is 0 Å². The summed E-state index contributed by atoms with van der Waals surface area (Å²) in [5.74, 6) is -0.921. The lowest BCUT2D eigenvalue weighted by Gasteiger charge is -2.29. The zero-order valence-electron chi connectivity index (χ0n) is 11.0. The molecule has 2 rings (SSSR count). The van der Waals surface area contributed by atoms with Crippen LogP contribution in [0, 0.1) is 0 Å². The summed E-state index contributed by atoms with van der Waals surface area (Å²) in [5, 5.41) is 9.15. The Hall–Kier alpha value is -2.04. The standard InChI is InChI=1S/C14H18N2O3/c1-2-15(11-7-4-3-5-8-11)14(19)16-10-6-9-12(16)13(17)18/h3-5,7-8,12H,2,6,9-10H2,1H3,(H,17,18). The van der Waals surface area contributed by atoms with E-state index in [0.717, 1.165) is 12.1 Å². The molecule has 1 aliphatic heterocycles. The van der Waals surface area contributed by atoms with E-state index in [0.29, 0.717) is 19.5 Å². The van der Waals surface area contributed by atoms with Crippen LogP contribution >= 0.6 is 0 Å². The fourth-order valence-corrected chi connectivity index (χ4v) is 2.44. The maximum Gasteiger partial charge on any atom is 0.326 e. The minimum atomic E-state index is -0.921. The summed E-state index contributed by atoms with van der Waals surface area (Å²) in [6.45, 7) is 2.92. The second kappa shape index (κ2) is 5.73. The van der Waals surface area contributed by atoms with Gasteiger partial charge in [-0.1, -0.05) is 18.2 Å². The second-order valence-corrected chi connectivity index (χ2v) is 4.55. The predicted molar refractivity (Wildman–Crippen MR) is 72.2 cm³/mol. The van der Waals surface area contributed by atoms with Crippen molar-refractivity contribution in [3.05, 3.63) is 30.3 Å². The molecule has 1 unspecified atom stereocenters. The summed E-state index contributed by atoms with van der Waals surface area (Å²) >= 11 is 0. The van der Waals surface area contributed by atoms with E-state index in [1.54, 1.807) is 4.90 Å². The van der Waals surface area contributed by atoms with Crippen molar-refractivity contribution in [2.75, 3.05) is 18.0 Å². The molecule has 1 N–H and O–H groups in total. The number of anilines is 1. The lowest BCUT2D eigenvalue weighted by molar-refractivity contribution is -0.141. The lowest BCUT2D eigenvalue weighted by Crippen LogP contribution is -2.48. The molecule has 0 aromatic heterocycles. The van der Waals surface area contributed by atoms with E-state index in [1.165, 1.54) is 4.90 Å². The van der Waals surface area contributed by atoms with Gasteiger partial charge < -0.3 is 10.0 Å². The molecule has 0 aliphatic carbocycles. The molecule has 1 atom stereocenters. The largest absolute Gasteiger partial charge is 0.480 e. The number of carbonyl (C=O) groups is 2. The van der Waals surface area contributed by atoms with Gasteiger partial charge in [-0.05, 0) is 31.9 Å². The van der Waals surface area contributed by atoms with Gasteiger partial charge in [-0.25, -0.2) is 9.59 Å². The molecule has 5 heteroatoms. The Kier molecular flexibility index (Phi) is 4.04. The number of nitrogens with zero attached hydrogens (tertiary/aromatic N) is 2. The number of hydrogen-bond donors (Lipinski definition) is 1. The van der Waals surface area contributed by atoms with Gasteiger partial charge in [-0.3, -0.25) is 4.90 Å². The van der Waals surface area contributed by atoms with E-state index in [9.17, 15) is 9.59 Å². The van der Waals surface area contributed by atoms with Gasteiger partial charge in [0, 0.05) is 18.8 Å². The van der Waals surface area contributed by atoms with Crippen molar-refractivity contribution in [2.24, 2.45) is 0 Å². The quantitative estimate of drug-likeness (QED) is 0.908. The van der Waals surface area contributed by atoms with Crippen LogP contribution in [0.25, 0.3) is 0 Å². The Morgan fingerprint density at radius 3 is 2.63 bits per heavy atom. The molecule has 1 heterocycles. The highest BCUT2D eigenvalue weighted by molar-refractivity contribution is 5.94. The number of carboxylic acids is 1. The smallest absolute Gasteiger partial charge is 0.326 e. The number of likely N-dealkylation sites (tertiary alicyclic amines) is 1. The average Bonchev–Trinajstić information content (AvgIpc) is 2.90. The summed E-state index contributed by atoms with van der Waals surface area (Å²) in [4.78, 5) is 26.7. The molecule has 0 saturated carbocycles. The molecule has 19 heavy (non-hydrogen) atoms. The van der Waals surface area contributed by atoms with Gasteiger partial charge in [0.2, 0.25) is 0 Å². The zero-order chi connectivity index (χ0) is 13.8. The van der Waals surface area contributed by atoms with E-state index in [1.807, 2.05) is 37.3 Å². The van der Waals surface area contributed by atoms with Crippen LogP contribution < -0.4 is 4.90 Å². The van der Waals surface area contributed by atoms with Gasteiger partial charge in [-0.15, -0.1) is 0 Å². The number of urea groups is 1. The number of para-hydroxylation sites is 1. The highest BCUT2D eigenvalue weighted by Gasteiger charge is 2.36. The van der Waals surface area contributed by atoms with E-state index in [-0.39, 0.29) is 6.03 Å². The number of amides is 2. The first-order valence-electron chi connectivity index (χ1n) is 6.51. The fourth-order valence-electron chi connectivity index (χ4n) is 2.44. The first-order valence-corrected chi connectivity index (χ1v) is 6.51. The molecule has 1 saturated heterocycles. The molecule has 0 bridgehead atoms. The lowest BCUT2D eigenvalue weighted by atomic mass is 10.2. The first kappa shape index (κ1) is 13.4. The van der Waals surface area contributed by atoms with Crippen LogP contribution in [0.5, 0.6) is 0 Å². The third-order valence-electron chi connectivity index (χ3n) is 3.40. The van der Waals surface area contributed by atoms with Crippen molar-refractivity contribution in [3.63, 3.8) is 0 Å². The number of hydrogen-bond acceptors (Lipinski definition) is 2. The highest BCUT2D eigenvalue weighted by Crippen LogP contribution is 2.22. The van der Waals surface area contributed by atoms with Crippen molar-refractivity contribution in [2.45, 2.75) is 25.8 Å². The Morgan fingerprint density at radius 1 is 1.37 bits per heavy atom. The Morgan fingerprint density at radius 2 is 2.05 bits per heavy atom. The summed E-state index contributed by atoms with van der Waals surface area (Å²) in [5.41, 5.74) is 0.797. The number of carboxylic acid groups (broad SMARTS) is 1. The monoisotopic (exact) mass is 262 g/mol. The van der Waals surface area contributed by atoms with Gasteiger partial charge in [0.1, 0.15) is 6.04 Å². The normalized spacial score (nSPS) is 18.4. The van der Waals surface area contributed by atoms with Crippen molar-refractivity contribution >= 4 is 17.7 Å². The van der Waals surface area contributed by atoms with Crippen molar-refractivity contribution in [3.8, 4) is 0 Å². The topological polar surface area (TPSA) is 60.9 Å². The van der Waals surface area contributed by atoms with Gasteiger partial charge in [-0.2, -0.15) is 0 Å². The third kappa shape index (κ3) is 2.70. The number of carbonyl (C=O) groups excluding carboxylic acids is 1. The summed E-state index contributed by atoms with van der Waals surface area (Å²) in [6, 6.07) is 8.41. The van der Waals surface area contributed by atoms with E-state index < -0.39 is 12.0 Å².